The Morgan fingerprint density at radius 3 is 2.59 bits per heavy atom. The Kier molecular flexibility index (Phi) is 7.09. The number of amides is 1. The van der Waals surface area contributed by atoms with E-state index in [0.717, 1.165) is 5.69 Å². The molecular weight excluding hydrogens is 414 g/mol. The topological polar surface area (TPSA) is 89.0 Å². The van der Waals surface area contributed by atoms with Crippen molar-refractivity contribution < 1.29 is 22.7 Å². The molecule has 2 heterocycles. The molecule has 1 aliphatic heterocycles. The number of aromatic nitrogens is 1. The number of sulfone groups is 1. The number of hydrogen-bond acceptors (Lipinski definition) is 8. The van der Waals surface area contributed by atoms with Crippen LogP contribution in [-0.4, -0.2) is 81.0 Å². The van der Waals surface area contributed by atoms with Crippen molar-refractivity contribution in [2.24, 2.45) is 0 Å². The predicted molar refractivity (Wildman–Crippen MR) is 111 cm³/mol. The number of benzene rings is 1. The van der Waals surface area contributed by atoms with Crippen molar-refractivity contribution in [3.8, 4) is 11.5 Å². The Morgan fingerprint density at radius 2 is 1.97 bits per heavy atom. The molecule has 0 saturated carbocycles. The first-order chi connectivity index (χ1) is 13.9. The van der Waals surface area contributed by atoms with Gasteiger partial charge in [-0.2, -0.15) is 0 Å². The van der Waals surface area contributed by atoms with E-state index in [9.17, 15) is 13.2 Å². The first kappa shape index (κ1) is 21.5. The zero-order chi connectivity index (χ0) is 20.9. The van der Waals surface area contributed by atoms with Crippen molar-refractivity contribution in [3.05, 3.63) is 40.3 Å². The highest BCUT2D eigenvalue weighted by molar-refractivity contribution is 7.90. The van der Waals surface area contributed by atoms with Crippen LogP contribution in [0.5, 0.6) is 11.5 Å². The van der Waals surface area contributed by atoms with Gasteiger partial charge >= 0.3 is 0 Å². The number of nitrogens with zero attached hydrogens (tertiary/aromatic N) is 3. The third kappa shape index (κ3) is 6.15. The standard InChI is InChI=1S/C19H25N3O5S2/c1-26-18-11-15(3-4-17(18)27-12-16-13-28-14-20-16)19(23)22-7-5-21(6-8-22)9-10-29(2,24)25/h3-4,11,13-14H,5-10,12H2,1-2H3. The van der Waals surface area contributed by atoms with E-state index in [-0.39, 0.29) is 11.7 Å². The molecule has 1 saturated heterocycles. The number of hydrogen-bond donors (Lipinski definition) is 0. The summed E-state index contributed by atoms with van der Waals surface area (Å²) in [7, 11) is -1.44. The van der Waals surface area contributed by atoms with E-state index in [1.807, 2.05) is 5.38 Å². The predicted octanol–water partition coefficient (Wildman–Crippen LogP) is 1.53. The highest BCUT2D eigenvalue weighted by Crippen LogP contribution is 2.29. The van der Waals surface area contributed by atoms with Gasteiger partial charge in [0, 0.05) is 49.9 Å². The van der Waals surface area contributed by atoms with Crippen LogP contribution in [0.15, 0.2) is 29.1 Å². The van der Waals surface area contributed by atoms with Gasteiger partial charge in [-0.3, -0.25) is 9.69 Å². The lowest BCUT2D eigenvalue weighted by Crippen LogP contribution is -2.49. The Morgan fingerprint density at radius 1 is 1.21 bits per heavy atom. The minimum atomic E-state index is -2.98. The molecule has 3 rings (SSSR count). The van der Waals surface area contributed by atoms with Gasteiger partial charge in [0.25, 0.3) is 5.91 Å². The molecule has 1 aliphatic rings. The van der Waals surface area contributed by atoms with E-state index in [0.29, 0.717) is 56.4 Å². The summed E-state index contributed by atoms with van der Waals surface area (Å²) >= 11 is 1.51. The van der Waals surface area contributed by atoms with Crippen LogP contribution in [0.1, 0.15) is 16.1 Å². The van der Waals surface area contributed by atoms with Gasteiger partial charge in [0.05, 0.1) is 24.1 Å². The molecule has 158 valence electrons. The van der Waals surface area contributed by atoms with Crippen LogP contribution < -0.4 is 9.47 Å². The first-order valence-corrected chi connectivity index (χ1v) is 12.2. The minimum absolute atomic E-state index is 0.0721. The molecule has 1 aromatic heterocycles. The molecule has 1 amide bonds. The molecular formula is C19H25N3O5S2. The molecule has 0 unspecified atom stereocenters. The third-order valence-electron chi connectivity index (χ3n) is 4.71. The number of piperazine rings is 1. The van der Waals surface area contributed by atoms with E-state index in [4.69, 9.17) is 9.47 Å². The zero-order valence-corrected chi connectivity index (χ0v) is 18.2. The molecule has 0 N–H and O–H groups in total. The highest BCUT2D eigenvalue weighted by Gasteiger charge is 2.23. The Bertz CT molecular complexity index is 923. The number of methoxy groups -OCH3 is 1. The SMILES string of the molecule is COc1cc(C(=O)N2CCN(CCS(C)(=O)=O)CC2)ccc1OCc1cscn1. The van der Waals surface area contributed by atoms with Crippen molar-refractivity contribution in [2.75, 3.05) is 51.8 Å². The largest absolute Gasteiger partial charge is 0.493 e. The minimum Gasteiger partial charge on any atom is -0.493 e. The Labute approximate surface area is 175 Å². The number of rotatable bonds is 8. The van der Waals surface area contributed by atoms with Crippen LogP contribution in [0.2, 0.25) is 0 Å². The maximum absolute atomic E-state index is 12.9. The van der Waals surface area contributed by atoms with E-state index in [1.165, 1.54) is 17.6 Å². The van der Waals surface area contributed by atoms with Gasteiger partial charge in [0.1, 0.15) is 16.4 Å². The smallest absolute Gasteiger partial charge is 0.254 e. The van der Waals surface area contributed by atoms with E-state index in [1.54, 1.807) is 35.7 Å². The highest BCUT2D eigenvalue weighted by atomic mass is 32.2. The molecule has 1 aromatic carbocycles. The lowest BCUT2D eigenvalue weighted by atomic mass is 10.1. The van der Waals surface area contributed by atoms with Gasteiger partial charge in [-0.1, -0.05) is 0 Å². The maximum Gasteiger partial charge on any atom is 0.254 e. The monoisotopic (exact) mass is 439 g/mol. The number of thiazole rings is 1. The lowest BCUT2D eigenvalue weighted by molar-refractivity contribution is 0.0643. The molecule has 0 spiro atoms. The molecule has 29 heavy (non-hydrogen) atoms. The van der Waals surface area contributed by atoms with Gasteiger partial charge in [-0.15, -0.1) is 11.3 Å². The number of carbonyl (C=O) groups is 1. The normalized spacial score (nSPS) is 15.3. The van der Waals surface area contributed by atoms with Gasteiger partial charge in [0.15, 0.2) is 11.5 Å². The van der Waals surface area contributed by atoms with Crippen molar-refractivity contribution in [1.82, 2.24) is 14.8 Å². The average molecular weight is 440 g/mol. The molecule has 0 atom stereocenters. The molecule has 0 bridgehead atoms. The maximum atomic E-state index is 12.9. The van der Waals surface area contributed by atoms with Crippen molar-refractivity contribution in [2.45, 2.75) is 6.61 Å². The lowest BCUT2D eigenvalue weighted by Gasteiger charge is -2.34. The quantitative estimate of drug-likeness (QED) is 0.616. The zero-order valence-electron chi connectivity index (χ0n) is 16.5. The van der Waals surface area contributed by atoms with Crippen LogP contribution >= 0.6 is 11.3 Å². The second-order valence-electron chi connectivity index (χ2n) is 6.90. The molecule has 1 fully saturated rings. The van der Waals surface area contributed by atoms with Gasteiger partial charge in [0.2, 0.25) is 0 Å². The first-order valence-electron chi connectivity index (χ1n) is 9.23. The van der Waals surface area contributed by atoms with Crippen LogP contribution in [0.25, 0.3) is 0 Å². The molecule has 8 nitrogen and oxygen atoms in total. The summed E-state index contributed by atoms with van der Waals surface area (Å²) in [6.07, 6.45) is 1.24. The van der Waals surface area contributed by atoms with Crippen LogP contribution in [0.4, 0.5) is 0 Å². The fraction of sp³-hybridized carbons (Fsp3) is 0.474. The second-order valence-corrected chi connectivity index (χ2v) is 9.88. The summed E-state index contributed by atoms with van der Waals surface area (Å²) in [5.74, 6) is 1.12. The number of ether oxygens (including phenoxy) is 2. The Balaban J connectivity index is 1.58. The average Bonchev–Trinajstić information content (AvgIpc) is 3.23. The van der Waals surface area contributed by atoms with Gasteiger partial charge in [-0.25, -0.2) is 13.4 Å². The van der Waals surface area contributed by atoms with Crippen molar-refractivity contribution in [3.63, 3.8) is 0 Å². The summed E-state index contributed by atoms with van der Waals surface area (Å²) in [6.45, 7) is 3.28. The molecule has 2 aromatic rings. The summed E-state index contributed by atoms with van der Waals surface area (Å²) in [6, 6.07) is 5.16. The second kappa shape index (κ2) is 9.55. The van der Waals surface area contributed by atoms with Gasteiger partial charge < -0.3 is 14.4 Å². The third-order valence-corrected chi connectivity index (χ3v) is 6.27. The van der Waals surface area contributed by atoms with Crippen molar-refractivity contribution >= 4 is 27.1 Å². The van der Waals surface area contributed by atoms with Crippen molar-refractivity contribution in [1.29, 1.82) is 0 Å². The molecule has 0 radical (unpaired) electrons. The Hall–Kier alpha value is -2.17. The molecule has 10 heteroatoms. The fourth-order valence-electron chi connectivity index (χ4n) is 3.03. The van der Waals surface area contributed by atoms with E-state index < -0.39 is 9.84 Å². The van der Waals surface area contributed by atoms with Crippen LogP contribution in [-0.2, 0) is 16.4 Å². The van der Waals surface area contributed by atoms with Crippen LogP contribution in [0, 0.1) is 0 Å². The fourth-order valence-corrected chi connectivity index (χ4v) is 4.17. The summed E-state index contributed by atoms with van der Waals surface area (Å²) in [5.41, 5.74) is 3.12. The van der Waals surface area contributed by atoms with Gasteiger partial charge in [-0.05, 0) is 18.2 Å². The van der Waals surface area contributed by atoms with E-state index >= 15 is 0 Å². The van der Waals surface area contributed by atoms with E-state index in [2.05, 4.69) is 9.88 Å². The summed E-state index contributed by atoms with van der Waals surface area (Å²) in [5, 5.41) is 1.92. The van der Waals surface area contributed by atoms with Crippen LogP contribution in [0.3, 0.4) is 0 Å². The molecule has 0 aliphatic carbocycles. The number of carbonyl (C=O) groups excluding carboxylic acids is 1. The summed E-state index contributed by atoms with van der Waals surface area (Å²) in [4.78, 5) is 20.9. The summed E-state index contributed by atoms with van der Waals surface area (Å²) < 4.78 is 33.8.